The molecule has 2 aliphatic rings. The highest BCUT2D eigenvalue weighted by Crippen LogP contribution is 2.52. The molecule has 0 aromatic heterocycles. The van der Waals surface area contributed by atoms with Crippen LogP contribution in [0.4, 0.5) is 0 Å². The largest absolute Gasteiger partial charge is 0.481 e. The Bertz CT molecular complexity index is 1360. The highest BCUT2D eigenvalue weighted by Gasteiger charge is 2.57. The monoisotopic (exact) mass is 539 g/mol. The third-order valence-corrected chi connectivity index (χ3v) is 7.80. The highest BCUT2D eigenvalue weighted by atomic mass is 35.5. The number of carbonyl (C=O) groups excluding carboxylic acids is 1. The number of fused-ring (bicyclic) bond motifs is 1. The first-order chi connectivity index (χ1) is 17.5. The van der Waals surface area contributed by atoms with E-state index < -0.39 is 22.7 Å². The van der Waals surface area contributed by atoms with E-state index >= 15 is 0 Å². The van der Waals surface area contributed by atoms with Gasteiger partial charge in [-0.1, -0.05) is 59.6 Å². The summed E-state index contributed by atoms with van der Waals surface area (Å²) >= 11 is 12.3. The number of benzene rings is 3. The number of hydrogen-bond acceptors (Lipinski definition) is 4. The van der Waals surface area contributed by atoms with E-state index in [-0.39, 0.29) is 19.1 Å². The average Bonchev–Trinajstić information content (AvgIpc) is 3.62. The van der Waals surface area contributed by atoms with E-state index in [9.17, 15) is 19.8 Å². The molecule has 2 N–H and O–H groups in total. The second kappa shape index (κ2) is 9.14. The smallest absolute Gasteiger partial charge is 0.311 e. The van der Waals surface area contributed by atoms with Gasteiger partial charge in [-0.05, 0) is 68.1 Å². The van der Waals surface area contributed by atoms with Crippen LogP contribution in [-0.2, 0) is 27.4 Å². The molecular formula is C29H27Cl2NO5. The lowest BCUT2D eigenvalue weighted by atomic mass is 9.89. The Kier molecular flexibility index (Phi) is 6.35. The first kappa shape index (κ1) is 25.7. The van der Waals surface area contributed by atoms with Gasteiger partial charge in [-0.25, -0.2) is 0 Å². The Labute approximate surface area is 225 Å². The molecule has 0 bridgehead atoms. The van der Waals surface area contributed by atoms with Crippen LogP contribution in [0.2, 0.25) is 10.0 Å². The number of nitrogens with zero attached hydrogens (tertiary/aromatic N) is 1. The predicted molar refractivity (Wildman–Crippen MR) is 140 cm³/mol. The standard InChI is InChI=1S/C29H27Cl2NO5/c1-27(2,36)20-7-12-24-23(15-20)25(33)32(16-18-3-8-21(30)9-4-18)29(24,19-5-10-22(31)11-6-19)37-17-28(13-14-28)26(34)35/h3-12,15,36H,13-14,16-17H2,1-2H3,(H,34,35). The van der Waals surface area contributed by atoms with Crippen molar-refractivity contribution in [2.24, 2.45) is 5.41 Å². The van der Waals surface area contributed by atoms with Crippen LogP contribution in [0.1, 0.15) is 59.3 Å². The van der Waals surface area contributed by atoms with Crippen LogP contribution in [0.3, 0.4) is 0 Å². The maximum absolute atomic E-state index is 14.1. The molecule has 6 nitrogen and oxygen atoms in total. The number of halogens is 2. The summed E-state index contributed by atoms with van der Waals surface area (Å²) in [6.07, 6.45) is 1.02. The molecule has 192 valence electrons. The van der Waals surface area contributed by atoms with E-state index in [2.05, 4.69) is 0 Å². The van der Waals surface area contributed by atoms with Crippen LogP contribution < -0.4 is 0 Å². The number of ether oxygens (including phenoxy) is 1. The van der Waals surface area contributed by atoms with E-state index in [1.807, 2.05) is 12.1 Å². The molecule has 1 unspecified atom stereocenters. The highest BCUT2D eigenvalue weighted by molar-refractivity contribution is 6.30. The zero-order valence-corrected chi connectivity index (χ0v) is 22.0. The molecule has 5 rings (SSSR count). The minimum Gasteiger partial charge on any atom is -0.481 e. The fourth-order valence-electron chi connectivity index (χ4n) is 4.83. The van der Waals surface area contributed by atoms with Crippen molar-refractivity contribution in [2.45, 2.75) is 44.6 Å². The number of rotatable bonds is 8. The zero-order chi connectivity index (χ0) is 26.6. The van der Waals surface area contributed by atoms with E-state index in [1.54, 1.807) is 73.3 Å². The van der Waals surface area contributed by atoms with Gasteiger partial charge in [-0.3, -0.25) is 14.5 Å². The molecule has 0 spiro atoms. The molecule has 3 aromatic rings. The predicted octanol–water partition coefficient (Wildman–Crippen LogP) is 5.96. The van der Waals surface area contributed by atoms with Gasteiger partial charge in [0.05, 0.1) is 17.6 Å². The molecule has 1 heterocycles. The lowest BCUT2D eigenvalue weighted by Gasteiger charge is -2.40. The molecule has 1 fully saturated rings. The number of amides is 1. The summed E-state index contributed by atoms with van der Waals surface area (Å²) < 4.78 is 6.63. The van der Waals surface area contributed by atoms with Crippen molar-refractivity contribution in [1.29, 1.82) is 0 Å². The minimum atomic E-state index is -1.40. The molecule has 0 radical (unpaired) electrons. The lowest BCUT2D eigenvalue weighted by molar-refractivity contribution is -0.157. The number of aliphatic hydroxyl groups is 1. The van der Waals surface area contributed by atoms with E-state index in [0.717, 1.165) is 5.56 Å². The molecular weight excluding hydrogens is 513 g/mol. The van der Waals surface area contributed by atoms with Crippen molar-refractivity contribution in [3.63, 3.8) is 0 Å². The van der Waals surface area contributed by atoms with Gasteiger partial charge in [0.1, 0.15) is 0 Å². The Balaban J connectivity index is 1.70. The Morgan fingerprint density at radius 2 is 1.59 bits per heavy atom. The van der Waals surface area contributed by atoms with Crippen LogP contribution in [0.25, 0.3) is 0 Å². The van der Waals surface area contributed by atoms with Gasteiger partial charge in [0.2, 0.25) is 0 Å². The van der Waals surface area contributed by atoms with Crippen LogP contribution >= 0.6 is 23.2 Å². The Hall–Kier alpha value is -2.90. The van der Waals surface area contributed by atoms with Crippen LogP contribution in [0, 0.1) is 5.41 Å². The Morgan fingerprint density at radius 1 is 1.00 bits per heavy atom. The summed E-state index contributed by atoms with van der Waals surface area (Å²) in [5, 5.41) is 21.6. The third kappa shape index (κ3) is 4.53. The van der Waals surface area contributed by atoms with Crippen LogP contribution in [0.5, 0.6) is 0 Å². The first-order valence-corrected chi connectivity index (χ1v) is 12.8. The van der Waals surface area contributed by atoms with Crippen molar-refractivity contribution in [3.8, 4) is 0 Å². The number of hydrogen-bond donors (Lipinski definition) is 2. The van der Waals surface area contributed by atoms with E-state index in [4.69, 9.17) is 27.9 Å². The number of aliphatic carboxylic acids is 1. The summed E-state index contributed by atoms with van der Waals surface area (Å²) in [6, 6.07) is 19.5. The van der Waals surface area contributed by atoms with Gasteiger partial charge in [-0.15, -0.1) is 0 Å². The maximum Gasteiger partial charge on any atom is 0.311 e. The molecule has 0 saturated heterocycles. The summed E-state index contributed by atoms with van der Waals surface area (Å²) in [6.45, 7) is 3.44. The van der Waals surface area contributed by atoms with E-state index in [1.165, 1.54) is 0 Å². The van der Waals surface area contributed by atoms with Crippen LogP contribution in [0.15, 0.2) is 66.7 Å². The third-order valence-electron chi connectivity index (χ3n) is 7.30. The van der Waals surface area contributed by atoms with Gasteiger partial charge in [0.25, 0.3) is 5.91 Å². The fraction of sp³-hybridized carbons (Fsp3) is 0.310. The number of carboxylic acids is 1. The van der Waals surface area contributed by atoms with Crippen LogP contribution in [-0.4, -0.2) is 33.6 Å². The summed E-state index contributed by atoms with van der Waals surface area (Å²) in [5.74, 6) is -1.20. The maximum atomic E-state index is 14.1. The second-order valence-electron chi connectivity index (χ2n) is 10.4. The topological polar surface area (TPSA) is 87.1 Å². The second-order valence-corrected chi connectivity index (χ2v) is 11.2. The SMILES string of the molecule is CC(C)(O)c1ccc2c(c1)C(=O)N(Cc1ccc(Cl)cc1)C2(OCC1(C(=O)O)CC1)c1ccc(Cl)cc1. The van der Waals surface area contributed by atoms with Gasteiger partial charge in [0, 0.05) is 33.3 Å². The minimum absolute atomic E-state index is 0.0674. The summed E-state index contributed by atoms with van der Waals surface area (Å²) in [7, 11) is 0. The van der Waals surface area contributed by atoms with Crippen molar-refractivity contribution in [3.05, 3.63) is 105 Å². The molecule has 1 saturated carbocycles. The average molecular weight is 540 g/mol. The number of carboxylic acid groups (broad SMARTS) is 1. The van der Waals surface area contributed by atoms with Gasteiger partial charge in [-0.2, -0.15) is 0 Å². The zero-order valence-electron chi connectivity index (χ0n) is 20.5. The molecule has 1 amide bonds. The molecule has 37 heavy (non-hydrogen) atoms. The summed E-state index contributed by atoms with van der Waals surface area (Å²) in [4.78, 5) is 27.7. The molecule has 1 aliphatic carbocycles. The molecule has 8 heteroatoms. The quantitative estimate of drug-likeness (QED) is 0.368. The summed E-state index contributed by atoms with van der Waals surface area (Å²) in [5.41, 5.74) is -0.507. The number of carbonyl (C=O) groups is 2. The van der Waals surface area contributed by atoms with Crippen molar-refractivity contribution >= 4 is 35.1 Å². The van der Waals surface area contributed by atoms with Crippen molar-refractivity contribution < 1.29 is 24.5 Å². The van der Waals surface area contributed by atoms with E-state index in [0.29, 0.717) is 45.1 Å². The van der Waals surface area contributed by atoms with Gasteiger partial charge < -0.3 is 14.9 Å². The lowest BCUT2D eigenvalue weighted by Crippen LogP contribution is -2.47. The fourth-order valence-corrected chi connectivity index (χ4v) is 5.08. The molecule has 1 aliphatic heterocycles. The first-order valence-electron chi connectivity index (χ1n) is 12.0. The normalized spacial score (nSPS) is 20.1. The van der Waals surface area contributed by atoms with Crippen molar-refractivity contribution in [2.75, 3.05) is 6.61 Å². The van der Waals surface area contributed by atoms with Gasteiger partial charge in [0.15, 0.2) is 5.72 Å². The van der Waals surface area contributed by atoms with Crippen molar-refractivity contribution in [1.82, 2.24) is 4.90 Å². The molecule has 3 aromatic carbocycles. The molecule has 1 atom stereocenters. The van der Waals surface area contributed by atoms with Gasteiger partial charge >= 0.3 is 5.97 Å². The Morgan fingerprint density at radius 3 is 2.14 bits per heavy atom.